The molecule has 7 heteroatoms. The summed E-state index contributed by atoms with van der Waals surface area (Å²) in [5, 5.41) is 0. The molecular formula is C17H20N2O5. The first kappa shape index (κ1) is 16.3. The van der Waals surface area contributed by atoms with Gasteiger partial charge in [-0.05, 0) is 37.5 Å². The fourth-order valence-corrected chi connectivity index (χ4v) is 3.38. The van der Waals surface area contributed by atoms with E-state index >= 15 is 0 Å². The monoisotopic (exact) mass is 332 g/mol. The third-order valence-corrected chi connectivity index (χ3v) is 4.65. The molecule has 2 unspecified atom stereocenters. The Morgan fingerprint density at radius 2 is 2.00 bits per heavy atom. The van der Waals surface area contributed by atoms with Crippen LogP contribution in [0.5, 0.6) is 5.75 Å². The second kappa shape index (κ2) is 6.14. The SMILES string of the molecule is COC(=O)C1CCN2C(=O)N(c3cc(C)ccc3OC)C(=O)C2C1. The van der Waals surface area contributed by atoms with Crippen molar-refractivity contribution >= 4 is 23.6 Å². The number of imide groups is 1. The van der Waals surface area contributed by atoms with Crippen LogP contribution in [-0.4, -0.2) is 49.6 Å². The van der Waals surface area contributed by atoms with Crippen molar-refractivity contribution in [3.63, 3.8) is 0 Å². The Bertz CT molecular complexity index is 702. The molecule has 3 amide bonds. The van der Waals surface area contributed by atoms with E-state index in [1.807, 2.05) is 13.0 Å². The van der Waals surface area contributed by atoms with Crippen molar-refractivity contribution in [2.45, 2.75) is 25.8 Å². The number of esters is 1. The number of hydrogen-bond acceptors (Lipinski definition) is 5. The molecule has 2 saturated heterocycles. The van der Waals surface area contributed by atoms with Crippen LogP contribution in [0.15, 0.2) is 18.2 Å². The Hall–Kier alpha value is -2.57. The van der Waals surface area contributed by atoms with Gasteiger partial charge in [-0.15, -0.1) is 0 Å². The number of aryl methyl sites for hydroxylation is 1. The van der Waals surface area contributed by atoms with E-state index in [0.29, 0.717) is 30.8 Å². The molecule has 0 aromatic heterocycles. The van der Waals surface area contributed by atoms with Crippen molar-refractivity contribution in [2.24, 2.45) is 5.92 Å². The van der Waals surface area contributed by atoms with Crippen molar-refractivity contribution < 1.29 is 23.9 Å². The second-order valence-corrected chi connectivity index (χ2v) is 6.09. The Kier molecular flexibility index (Phi) is 4.17. The third kappa shape index (κ3) is 2.50. The van der Waals surface area contributed by atoms with Gasteiger partial charge in [0.25, 0.3) is 5.91 Å². The van der Waals surface area contributed by atoms with Crippen LogP contribution in [-0.2, 0) is 14.3 Å². The summed E-state index contributed by atoms with van der Waals surface area (Å²) in [5.74, 6) is -0.544. The molecule has 0 saturated carbocycles. The van der Waals surface area contributed by atoms with E-state index in [1.165, 1.54) is 19.1 Å². The molecule has 2 atom stereocenters. The minimum absolute atomic E-state index is 0.294. The number of fused-ring (bicyclic) bond motifs is 1. The minimum Gasteiger partial charge on any atom is -0.495 e. The van der Waals surface area contributed by atoms with Crippen LogP contribution in [0.3, 0.4) is 0 Å². The highest BCUT2D eigenvalue weighted by Gasteiger charge is 2.50. The van der Waals surface area contributed by atoms with Crippen LogP contribution in [0.2, 0.25) is 0 Å². The molecule has 0 spiro atoms. The highest BCUT2D eigenvalue weighted by Crippen LogP contribution is 2.37. The number of carbonyl (C=O) groups is 3. The molecule has 2 fully saturated rings. The standard InChI is InChI=1S/C17H20N2O5/c1-10-4-5-14(23-2)12(8-10)19-15(20)13-9-11(16(21)24-3)6-7-18(13)17(19)22/h4-5,8,11,13H,6-7,9H2,1-3H3. The molecule has 0 bridgehead atoms. The van der Waals surface area contributed by atoms with Gasteiger partial charge in [0.2, 0.25) is 0 Å². The normalized spacial score (nSPS) is 23.3. The molecule has 1 aromatic carbocycles. The van der Waals surface area contributed by atoms with Gasteiger partial charge in [-0.1, -0.05) is 6.07 Å². The van der Waals surface area contributed by atoms with E-state index in [9.17, 15) is 14.4 Å². The number of methoxy groups -OCH3 is 2. The zero-order valence-electron chi connectivity index (χ0n) is 13.9. The van der Waals surface area contributed by atoms with E-state index in [-0.39, 0.29) is 23.8 Å². The number of amides is 3. The van der Waals surface area contributed by atoms with Crippen molar-refractivity contribution in [1.82, 2.24) is 4.90 Å². The van der Waals surface area contributed by atoms with Gasteiger partial charge in [0, 0.05) is 6.54 Å². The maximum Gasteiger partial charge on any atom is 0.332 e. The summed E-state index contributed by atoms with van der Waals surface area (Å²) in [5.41, 5.74) is 1.36. The second-order valence-electron chi connectivity index (χ2n) is 6.09. The van der Waals surface area contributed by atoms with Crippen LogP contribution in [0.25, 0.3) is 0 Å². The number of piperidine rings is 1. The van der Waals surface area contributed by atoms with Crippen LogP contribution >= 0.6 is 0 Å². The molecule has 0 radical (unpaired) electrons. The summed E-state index contributed by atoms with van der Waals surface area (Å²) >= 11 is 0. The van der Waals surface area contributed by atoms with Crippen molar-refractivity contribution in [2.75, 3.05) is 25.7 Å². The largest absolute Gasteiger partial charge is 0.495 e. The third-order valence-electron chi connectivity index (χ3n) is 4.65. The molecule has 2 aliphatic heterocycles. The smallest absolute Gasteiger partial charge is 0.332 e. The van der Waals surface area contributed by atoms with E-state index in [2.05, 4.69) is 0 Å². The van der Waals surface area contributed by atoms with E-state index in [0.717, 1.165) is 10.5 Å². The first-order valence-corrected chi connectivity index (χ1v) is 7.85. The van der Waals surface area contributed by atoms with Gasteiger partial charge in [-0.3, -0.25) is 9.59 Å². The summed E-state index contributed by atoms with van der Waals surface area (Å²) in [6.07, 6.45) is 0.795. The molecule has 3 rings (SSSR count). The van der Waals surface area contributed by atoms with Gasteiger partial charge in [0.05, 0.1) is 25.8 Å². The summed E-state index contributed by atoms with van der Waals surface area (Å²) in [6.45, 7) is 2.24. The summed E-state index contributed by atoms with van der Waals surface area (Å²) in [6, 6.07) is 4.36. The number of hydrogen-bond donors (Lipinski definition) is 0. The minimum atomic E-state index is -0.624. The highest BCUT2D eigenvalue weighted by atomic mass is 16.5. The maximum atomic E-state index is 12.8. The van der Waals surface area contributed by atoms with E-state index < -0.39 is 6.04 Å². The van der Waals surface area contributed by atoms with E-state index in [4.69, 9.17) is 9.47 Å². The summed E-state index contributed by atoms with van der Waals surface area (Å²) in [4.78, 5) is 40.0. The quantitative estimate of drug-likeness (QED) is 0.622. The number of carbonyl (C=O) groups excluding carboxylic acids is 3. The number of benzene rings is 1. The Labute approximate surface area is 140 Å². The van der Waals surface area contributed by atoms with Gasteiger partial charge >= 0.3 is 12.0 Å². The first-order chi connectivity index (χ1) is 11.5. The average molecular weight is 332 g/mol. The number of anilines is 1. The molecule has 128 valence electrons. The Morgan fingerprint density at radius 3 is 2.67 bits per heavy atom. The molecule has 24 heavy (non-hydrogen) atoms. The predicted molar refractivity (Wildman–Crippen MR) is 85.8 cm³/mol. The van der Waals surface area contributed by atoms with Crippen LogP contribution < -0.4 is 9.64 Å². The maximum absolute atomic E-state index is 12.8. The fourth-order valence-electron chi connectivity index (χ4n) is 3.38. The average Bonchev–Trinajstić information content (AvgIpc) is 2.84. The first-order valence-electron chi connectivity index (χ1n) is 7.85. The van der Waals surface area contributed by atoms with E-state index in [1.54, 1.807) is 12.1 Å². The lowest BCUT2D eigenvalue weighted by atomic mass is 9.91. The molecular weight excluding hydrogens is 312 g/mol. The lowest BCUT2D eigenvalue weighted by Gasteiger charge is -2.30. The van der Waals surface area contributed by atoms with Crippen molar-refractivity contribution in [1.29, 1.82) is 0 Å². The topological polar surface area (TPSA) is 76.2 Å². The highest BCUT2D eigenvalue weighted by molar-refractivity contribution is 6.22. The van der Waals surface area contributed by atoms with Gasteiger partial charge in [0.15, 0.2) is 0 Å². The van der Waals surface area contributed by atoms with Gasteiger partial charge in [-0.25, -0.2) is 9.69 Å². The van der Waals surface area contributed by atoms with Gasteiger partial charge in [0.1, 0.15) is 11.8 Å². The zero-order valence-corrected chi connectivity index (χ0v) is 13.9. The van der Waals surface area contributed by atoms with Crippen molar-refractivity contribution in [3.05, 3.63) is 23.8 Å². The van der Waals surface area contributed by atoms with Crippen LogP contribution in [0.1, 0.15) is 18.4 Å². The lowest BCUT2D eigenvalue weighted by molar-refractivity contribution is -0.147. The zero-order chi connectivity index (χ0) is 17.4. The molecule has 1 aromatic rings. The molecule has 7 nitrogen and oxygen atoms in total. The predicted octanol–water partition coefficient (Wildman–Crippen LogP) is 1.72. The molecule has 2 aliphatic rings. The molecule has 0 aliphatic carbocycles. The lowest BCUT2D eigenvalue weighted by Crippen LogP contribution is -2.44. The van der Waals surface area contributed by atoms with Gasteiger partial charge in [-0.2, -0.15) is 0 Å². The number of urea groups is 1. The Morgan fingerprint density at radius 1 is 1.25 bits per heavy atom. The van der Waals surface area contributed by atoms with Crippen LogP contribution in [0, 0.1) is 12.8 Å². The molecule has 0 N–H and O–H groups in total. The summed E-state index contributed by atoms with van der Waals surface area (Å²) in [7, 11) is 2.83. The fraction of sp³-hybridized carbons (Fsp3) is 0.471. The molecule has 2 heterocycles. The summed E-state index contributed by atoms with van der Waals surface area (Å²) < 4.78 is 10.1. The Balaban J connectivity index is 1.93. The van der Waals surface area contributed by atoms with Gasteiger partial charge < -0.3 is 14.4 Å². The number of ether oxygens (including phenoxy) is 2. The van der Waals surface area contributed by atoms with Crippen LogP contribution in [0.4, 0.5) is 10.5 Å². The number of rotatable bonds is 3. The number of nitrogens with zero attached hydrogens (tertiary/aromatic N) is 2. The van der Waals surface area contributed by atoms with Crippen molar-refractivity contribution in [3.8, 4) is 5.75 Å².